The van der Waals surface area contributed by atoms with Crippen molar-refractivity contribution in [1.82, 2.24) is 10.2 Å². The summed E-state index contributed by atoms with van der Waals surface area (Å²) in [6.07, 6.45) is 2.08. The molecule has 0 spiro atoms. The molecule has 4 heteroatoms. The van der Waals surface area contributed by atoms with Crippen LogP contribution in [0.5, 0.6) is 0 Å². The molecule has 0 radical (unpaired) electrons. The fourth-order valence-corrected chi connectivity index (χ4v) is 2.11. The number of hydrogen-bond donors (Lipinski definition) is 2. The SMILES string of the molecule is CSc1cc(-c2cc(N)n[nH]2)ccc1C. The van der Waals surface area contributed by atoms with Crippen molar-refractivity contribution in [3.8, 4) is 11.3 Å². The predicted octanol–water partition coefficient (Wildman–Crippen LogP) is 2.69. The first-order valence-corrected chi connectivity index (χ1v) is 5.89. The number of benzene rings is 1. The Balaban J connectivity index is 2.45. The van der Waals surface area contributed by atoms with E-state index in [9.17, 15) is 0 Å². The number of nitrogen functional groups attached to an aromatic ring is 1. The summed E-state index contributed by atoms with van der Waals surface area (Å²) in [5, 5.41) is 6.83. The molecule has 0 aliphatic heterocycles. The summed E-state index contributed by atoms with van der Waals surface area (Å²) in [5.74, 6) is 0.524. The van der Waals surface area contributed by atoms with E-state index in [2.05, 4.69) is 41.6 Å². The average molecular weight is 219 g/mol. The molecule has 2 aromatic rings. The highest BCUT2D eigenvalue weighted by atomic mass is 32.2. The molecule has 0 atom stereocenters. The lowest BCUT2D eigenvalue weighted by atomic mass is 10.1. The van der Waals surface area contributed by atoms with Gasteiger partial charge in [0.1, 0.15) is 5.82 Å². The summed E-state index contributed by atoms with van der Waals surface area (Å²) in [7, 11) is 0. The number of thioether (sulfide) groups is 1. The lowest BCUT2D eigenvalue weighted by molar-refractivity contribution is 1.10. The van der Waals surface area contributed by atoms with Crippen LogP contribution in [-0.4, -0.2) is 16.5 Å². The molecular formula is C11H13N3S. The number of rotatable bonds is 2. The average Bonchev–Trinajstić information content (AvgIpc) is 2.66. The quantitative estimate of drug-likeness (QED) is 0.763. The first-order chi connectivity index (χ1) is 7.20. The van der Waals surface area contributed by atoms with E-state index in [-0.39, 0.29) is 0 Å². The fourth-order valence-electron chi connectivity index (χ4n) is 1.47. The summed E-state index contributed by atoms with van der Waals surface area (Å²) in [6, 6.07) is 8.17. The zero-order chi connectivity index (χ0) is 10.8. The molecule has 1 aromatic heterocycles. The summed E-state index contributed by atoms with van der Waals surface area (Å²) >= 11 is 1.75. The Morgan fingerprint density at radius 1 is 1.33 bits per heavy atom. The number of aromatic nitrogens is 2. The summed E-state index contributed by atoms with van der Waals surface area (Å²) in [5.41, 5.74) is 8.94. The van der Waals surface area contributed by atoms with E-state index in [1.807, 2.05) is 6.07 Å². The molecule has 0 amide bonds. The van der Waals surface area contributed by atoms with Gasteiger partial charge in [0.15, 0.2) is 0 Å². The molecule has 15 heavy (non-hydrogen) atoms. The highest BCUT2D eigenvalue weighted by molar-refractivity contribution is 7.98. The van der Waals surface area contributed by atoms with E-state index in [0.29, 0.717) is 5.82 Å². The standard InChI is InChI=1S/C11H13N3S/c1-7-3-4-8(5-10(7)15-2)9-6-11(12)14-13-9/h3-6H,1-2H3,(H3,12,13,14). The maximum absolute atomic E-state index is 5.57. The number of hydrogen-bond acceptors (Lipinski definition) is 3. The van der Waals surface area contributed by atoms with Gasteiger partial charge in [0, 0.05) is 16.5 Å². The van der Waals surface area contributed by atoms with Crippen LogP contribution in [0.1, 0.15) is 5.56 Å². The minimum absolute atomic E-state index is 0.524. The van der Waals surface area contributed by atoms with Crippen molar-refractivity contribution in [2.24, 2.45) is 0 Å². The van der Waals surface area contributed by atoms with E-state index >= 15 is 0 Å². The third kappa shape index (κ3) is 1.99. The van der Waals surface area contributed by atoms with Crippen molar-refractivity contribution in [2.75, 3.05) is 12.0 Å². The molecule has 0 unspecified atom stereocenters. The minimum Gasteiger partial charge on any atom is -0.382 e. The molecule has 2 rings (SSSR count). The molecule has 0 saturated carbocycles. The van der Waals surface area contributed by atoms with Gasteiger partial charge in [0.25, 0.3) is 0 Å². The van der Waals surface area contributed by atoms with Crippen LogP contribution >= 0.6 is 11.8 Å². The molecule has 0 aliphatic rings. The number of nitrogens with one attached hydrogen (secondary N) is 1. The van der Waals surface area contributed by atoms with Crippen molar-refractivity contribution >= 4 is 17.6 Å². The Morgan fingerprint density at radius 3 is 2.73 bits per heavy atom. The van der Waals surface area contributed by atoms with Crippen molar-refractivity contribution in [3.63, 3.8) is 0 Å². The van der Waals surface area contributed by atoms with E-state index in [1.165, 1.54) is 10.5 Å². The molecule has 0 fully saturated rings. The monoisotopic (exact) mass is 219 g/mol. The van der Waals surface area contributed by atoms with Crippen molar-refractivity contribution in [1.29, 1.82) is 0 Å². The number of nitrogens with two attached hydrogens (primary N) is 1. The molecule has 0 saturated heterocycles. The topological polar surface area (TPSA) is 54.7 Å². The van der Waals surface area contributed by atoms with E-state index in [1.54, 1.807) is 11.8 Å². The second-order valence-corrected chi connectivity index (χ2v) is 4.24. The molecule has 3 N–H and O–H groups in total. The van der Waals surface area contributed by atoms with E-state index in [0.717, 1.165) is 11.3 Å². The van der Waals surface area contributed by atoms with Crippen LogP contribution in [0.4, 0.5) is 5.82 Å². The van der Waals surface area contributed by atoms with Crippen LogP contribution in [0.3, 0.4) is 0 Å². The van der Waals surface area contributed by atoms with Gasteiger partial charge < -0.3 is 5.73 Å². The minimum atomic E-state index is 0.524. The molecule has 0 bridgehead atoms. The lowest BCUT2D eigenvalue weighted by Crippen LogP contribution is -1.82. The lowest BCUT2D eigenvalue weighted by Gasteiger charge is -2.04. The second kappa shape index (κ2) is 3.98. The van der Waals surface area contributed by atoms with E-state index < -0.39 is 0 Å². The van der Waals surface area contributed by atoms with Crippen LogP contribution in [-0.2, 0) is 0 Å². The van der Waals surface area contributed by atoms with E-state index in [4.69, 9.17) is 5.73 Å². The van der Waals surface area contributed by atoms with Gasteiger partial charge in [-0.15, -0.1) is 11.8 Å². The van der Waals surface area contributed by atoms with Crippen LogP contribution < -0.4 is 5.73 Å². The highest BCUT2D eigenvalue weighted by Gasteiger charge is 2.04. The van der Waals surface area contributed by atoms with Gasteiger partial charge in [-0.25, -0.2) is 0 Å². The number of aryl methyl sites for hydroxylation is 1. The van der Waals surface area contributed by atoms with Crippen LogP contribution in [0.15, 0.2) is 29.2 Å². The number of anilines is 1. The predicted molar refractivity (Wildman–Crippen MR) is 65.0 cm³/mol. The molecular weight excluding hydrogens is 206 g/mol. The normalized spacial score (nSPS) is 10.5. The maximum Gasteiger partial charge on any atom is 0.145 e. The van der Waals surface area contributed by atoms with Crippen LogP contribution in [0.25, 0.3) is 11.3 Å². The second-order valence-electron chi connectivity index (χ2n) is 3.39. The first kappa shape index (κ1) is 10.1. The van der Waals surface area contributed by atoms with Crippen molar-refractivity contribution in [2.45, 2.75) is 11.8 Å². The Kier molecular flexibility index (Phi) is 2.68. The molecule has 3 nitrogen and oxygen atoms in total. The van der Waals surface area contributed by atoms with Gasteiger partial charge in [0.05, 0.1) is 5.69 Å². The smallest absolute Gasteiger partial charge is 0.145 e. The van der Waals surface area contributed by atoms with Gasteiger partial charge in [-0.05, 0) is 24.8 Å². The molecule has 1 heterocycles. The maximum atomic E-state index is 5.57. The van der Waals surface area contributed by atoms with Crippen LogP contribution in [0.2, 0.25) is 0 Å². The van der Waals surface area contributed by atoms with Crippen molar-refractivity contribution in [3.05, 3.63) is 29.8 Å². The van der Waals surface area contributed by atoms with Gasteiger partial charge in [-0.3, -0.25) is 5.10 Å². The van der Waals surface area contributed by atoms with Gasteiger partial charge in [0.2, 0.25) is 0 Å². The largest absolute Gasteiger partial charge is 0.382 e. The summed E-state index contributed by atoms with van der Waals surface area (Å²) in [4.78, 5) is 1.28. The zero-order valence-corrected chi connectivity index (χ0v) is 9.56. The number of nitrogens with zero attached hydrogens (tertiary/aromatic N) is 1. The fraction of sp³-hybridized carbons (Fsp3) is 0.182. The first-order valence-electron chi connectivity index (χ1n) is 4.66. The third-order valence-corrected chi connectivity index (χ3v) is 3.20. The van der Waals surface area contributed by atoms with Gasteiger partial charge in [-0.2, -0.15) is 5.10 Å². The summed E-state index contributed by atoms with van der Waals surface area (Å²) in [6.45, 7) is 2.11. The molecule has 78 valence electrons. The summed E-state index contributed by atoms with van der Waals surface area (Å²) < 4.78 is 0. The highest BCUT2D eigenvalue weighted by Crippen LogP contribution is 2.26. The molecule has 1 aromatic carbocycles. The van der Waals surface area contributed by atoms with Gasteiger partial charge >= 0.3 is 0 Å². The Hall–Kier alpha value is -1.42. The zero-order valence-electron chi connectivity index (χ0n) is 8.74. The van der Waals surface area contributed by atoms with Crippen molar-refractivity contribution < 1.29 is 0 Å². The molecule has 0 aliphatic carbocycles. The van der Waals surface area contributed by atoms with Crippen LogP contribution in [0, 0.1) is 6.92 Å². The van der Waals surface area contributed by atoms with Gasteiger partial charge in [-0.1, -0.05) is 12.1 Å². The number of aromatic amines is 1. The third-order valence-electron chi connectivity index (χ3n) is 2.32. The Morgan fingerprint density at radius 2 is 2.13 bits per heavy atom. The number of H-pyrrole nitrogens is 1. The Labute approximate surface area is 93.1 Å². The Bertz CT molecular complexity index is 476.